The Morgan fingerprint density at radius 3 is 2.61 bits per heavy atom. The Labute approximate surface area is 175 Å². The molecule has 2 unspecified atom stereocenters. The minimum Gasteiger partial charge on any atom is -0.493 e. The largest absolute Gasteiger partial charge is 0.493 e. The summed E-state index contributed by atoms with van der Waals surface area (Å²) in [5, 5.41) is 9.18. The Morgan fingerprint density at radius 1 is 1.21 bits per heavy atom. The number of benzene rings is 1. The molecule has 1 aromatic heterocycles. The maximum atomic E-state index is 12.4. The van der Waals surface area contributed by atoms with Crippen molar-refractivity contribution in [3.05, 3.63) is 23.6 Å². The standard InChI is InChI=1S/C20H25N3O3S.ClH/c1-25-17-6-3-13(10-18(17)26-2)16-11-27-20(22-16)23-19(24)9-12-7-14-4-5-15(8-12)21-14;/h3,6,10-12,14-15,21H,4-5,7-9H2,1-2H3,(H,22,23,24);1H. The van der Waals surface area contributed by atoms with E-state index >= 15 is 0 Å². The van der Waals surface area contributed by atoms with Crippen LogP contribution in [0.15, 0.2) is 23.6 Å². The summed E-state index contributed by atoms with van der Waals surface area (Å²) >= 11 is 1.44. The summed E-state index contributed by atoms with van der Waals surface area (Å²) in [6.45, 7) is 0. The fourth-order valence-corrected chi connectivity index (χ4v) is 4.97. The fourth-order valence-electron chi connectivity index (χ4n) is 4.23. The lowest BCUT2D eigenvalue weighted by atomic mass is 9.89. The van der Waals surface area contributed by atoms with Gasteiger partial charge in [-0.15, -0.1) is 23.7 Å². The molecule has 28 heavy (non-hydrogen) atoms. The molecule has 3 heterocycles. The van der Waals surface area contributed by atoms with Crippen molar-refractivity contribution in [3.63, 3.8) is 0 Å². The fraction of sp³-hybridized carbons (Fsp3) is 0.500. The second kappa shape index (κ2) is 9.11. The van der Waals surface area contributed by atoms with E-state index in [2.05, 4.69) is 15.6 Å². The van der Waals surface area contributed by atoms with Gasteiger partial charge in [-0.1, -0.05) is 0 Å². The quantitative estimate of drug-likeness (QED) is 0.731. The molecule has 2 aliphatic heterocycles. The summed E-state index contributed by atoms with van der Waals surface area (Å²) in [5.74, 6) is 1.89. The van der Waals surface area contributed by atoms with Crippen LogP contribution in [0.25, 0.3) is 11.3 Å². The number of thiazole rings is 1. The van der Waals surface area contributed by atoms with Gasteiger partial charge >= 0.3 is 0 Å². The van der Waals surface area contributed by atoms with Crippen LogP contribution in [-0.2, 0) is 4.79 Å². The molecule has 1 amide bonds. The summed E-state index contributed by atoms with van der Waals surface area (Å²) < 4.78 is 10.6. The zero-order chi connectivity index (χ0) is 18.8. The molecule has 8 heteroatoms. The average Bonchev–Trinajstić information content (AvgIpc) is 3.27. The predicted octanol–water partition coefficient (Wildman–Crippen LogP) is 4.11. The number of fused-ring (bicyclic) bond motifs is 2. The summed E-state index contributed by atoms with van der Waals surface area (Å²) in [5.41, 5.74) is 1.75. The molecule has 2 aromatic rings. The predicted molar refractivity (Wildman–Crippen MR) is 114 cm³/mol. The second-order valence-corrected chi connectivity index (χ2v) is 8.19. The van der Waals surface area contributed by atoms with E-state index in [0.717, 1.165) is 24.1 Å². The zero-order valence-corrected chi connectivity index (χ0v) is 17.7. The molecule has 0 spiro atoms. The van der Waals surface area contributed by atoms with Gasteiger partial charge in [-0.05, 0) is 49.8 Å². The smallest absolute Gasteiger partial charge is 0.226 e. The van der Waals surface area contributed by atoms with Crippen molar-refractivity contribution in [1.29, 1.82) is 0 Å². The number of nitrogens with zero attached hydrogens (tertiary/aromatic N) is 1. The van der Waals surface area contributed by atoms with Gasteiger partial charge in [0, 0.05) is 29.4 Å². The number of methoxy groups -OCH3 is 2. The Kier molecular flexibility index (Phi) is 6.80. The normalized spacial score (nSPS) is 23.0. The third-order valence-corrected chi connectivity index (χ3v) is 6.23. The van der Waals surface area contributed by atoms with E-state index in [0.29, 0.717) is 41.1 Å². The van der Waals surface area contributed by atoms with Crippen molar-refractivity contribution in [3.8, 4) is 22.8 Å². The van der Waals surface area contributed by atoms with Crippen LogP contribution in [0.1, 0.15) is 32.1 Å². The Bertz CT molecular complexity index is 817. The van der Waals surface area contributed by atoms with Gasteiger partial charge in [0.05, 0.1) is 19.9 Å². The van der Waals surface area contributed by atoms with E-state index in [-0.39, 0.29) is 18.3 Å². The van der Waals surface area contributed by atoms with Crippen LogP contribution in [0.2, 0.25) is 0 Å². The van der Waals surface area contributed by atoms with Gasteiger partial charge in [-0.3, -0.25) is 4.79 Å². The maximum absolute atomic E-state index is 12.4. The number of piperidine rings is 1. The van der Waals surface area contributed by atoms with E-state index in [9.17, 15) is 4.79 Å². The number of aromatic nitrogens is 1. The Morgan fingerprint density at radius 2 is 1.93 bits per heavy atom. The van der Waals surface area contributed by atoms with E-state index in [1.807, 2.05) is 23.6 Å². The number of carbonyl (C=O) groups excluding carboxylic acids is 1. The van der Waals surface area contributed by atoms with Crippen LogP contribution in [0, 0.1) is 5.92 Å². The van der Waals surface area contributed by atoms with Gasteiger partial charge < -0.3 is 20.1 Å². The first kappa shape index (κ1) is 20.9. The minimum absolute atomic E-state index is 0. The molecule has 2 saturated heterocycles. The van der Waals surface area contributed by atoms with Crippen LogP contribution >= 0.6 is 23.7 Å². The molecule has 2 aliphatic rings. The lowest BCUT2D eigenvalue weighted by molar-refractivity contribution is -0.117. The van der Waals surface area contributed by atoms with Crippen molar-refractivity contribution < 1.29 is 14.3 Å². The van der Waals surface area contributed by atoms with Crippen LogP contribution in [0.5, 0.6) is 11.5 Å². The first-order chi connectivity index (χ1) is 13.1. The molecular formula is C20H26ClN3O3S. The van der Waals surface area contributed by atoms with Crippen LogP contribution < -0.4 is 20.1 Å². The number of nitrogens with one attached hydrogen (secondary N) is 2. The number of amides is 1. The Hall–Kier alpha value is -1.83. The summed E-state index contributed by atoms with van der Waals surface area (Å²) in [7, 11) is 3.23. The number of hydrogen-bond acceptors (Lipinski definition) is 6. The third-order valence-electron chi connectivity index (χ3n) is 5.47. The molecule has 2 fully saturated rings. The monoisotopic (exact) mass is 423 g/mol. The number of rotatable bonds is 6. The topological polar surface area (TPSA) is 72.5 Å². The Balaban J connectivity index is 0.00000225. The zero-order valence-electron chi connectivity index (χ0n) is 16.1. The van der Waals surface area contributed by atoms with E-state index in [1.54, 1.807) is 14.2 Å². The SMILES string of the molecule is COc1ccc(-c2csc(NC(=O)CC3CC4CCC(C3)N4)n2)cc1OC.Cl. The van der Waals surface area contributed by atoms with E-state index < -0.39 is 0 Å². The molecule has 2 atom stereocenters. The molecule has 152 valence electrons. The highest BCUT2D eigenvalue weighted by atomic mass is 35.5. The summed E-state index contributed by atoms with van der Waals surface area (Å²) in [4.78, 5) is 17.0. The van der Waals surface area contributed by atoms with Gasteiger partial charge in [0.25, 0.3) is 0 Å². The molecule has 4 rings (SSSR count). The first-order valence-electron chi connectivity index (χ1n) is 9.38. The van der Waals surface area contributed by atoms with Crippen molar-refractivity contribution in [2.45, 2.75) is 44.2 Å². The molecule has 0 radical (unpaired) electrons. The molecule has 0 aliphatic carbocycles. The summed E-state index contributed by atoms with van der Waals surface area (Å²) in [6.07, 6.45) is 5.31. The minimum atomic E-state index is 0. The first-order valence-corrected chi connectivity index (χ1v) is 10.3. The number of halogens is 1. The third kappa shape index (κ3) is 4.59. The average molecular weight is 424 g/mol. The van der Waals surface area contributed by atoms with Crippen LogP contribution in [0.3, 0.4) is 0 Å². The number of ether oxygens (including phenoxy) is 2. The van der Waals surface area contributed by atoms with Gasteiger partial charge in [0.15, 0.2) is 16.6 Å². The second-order valence-electron chi connectivity index (χ2n) is 7.34. The number of carbonyl (C=O) groups is 1. The van der Waals surface area contributed by atoms with Crippen molar-refractivity contribution in [2.75, 3.05) is 19.5 Å². The van der Waals surface area contributed by atoms with Crippen LogP contribution in [0.4, 0.5) is 5.13 Å². The van der Waals surface area contributed by atoms with E-state index in [4.69, 9.17) is 9.47 Å². The highest BCUT2D eigenvalue weighted by Crippen LogP contribution is 2.35. The lowest BCUT2D eigenvalue weighted by Crippen LogP contribution is -2.39. The molecule has 1 aromatic carbocycles. The number of hydrogen-bond donors (Lipinski definition) is 2. The molecule has 2 N–H and O–H groups in total. The van der Waals surface area contributed by atoms with E-state index in [1.165, 1.54) is 24.2 Å². The molecule has 2 bridgehead atoms. The van der Waals surface area contributed by atoms with Gasteiger partial charge in [0.1, 0.15) is 0 Å². The van der Waals surface area contributed by atoms with Crippen molar-refractivity contribution >= 4 is 34.8 Å². The summed E-state index contributed by atoms with van der Waals surface area (Å²) in [6, 6.07) is 6.91. The lowest BCUT2D eigenvalue weighted by Gasteiger charge is -2.28. The maximum Gasteiger partial charge on any atom is 0.226 e. The van der Waals surface area contributed by atoms with Crippen molar-refractivity contribution in [1.82, 2.24) is 10.3 Å². The van der Waals surface area contributed by atoms with Crippen LogP contribution in [-0.4, -0.2) is 37.2 Å². The number of anilines is 1. The van der Waals surface area contributed by atoms with Gasteiger partial charge in [-0.25, -0.2) is 4.98 Å². The van der Waals surface area contributed by atoms with Gasteiger partial charge in [-0.2, -0.15) is 0 Å². The molecular weight excluding hydrogens is 398 g/mol. The highest BCUT2D eigenvalue weighted by Gasteiger charge is 2.34. The van der Waals surface area contributed by atoms with Crippen molar-refractivity contribution in [2.24, 2.45) is 5.92 Å². The molecule has 6 nitrogen and oxygen atoms in total. The molecule has 0 saturated carbocycles. The van der Waals surface area contributed by atoms with Gasteiger partial charge in [0.2, 0.25) is 5.91 Å². The highest BCUT2D eigenvalue weighted by molar-refractivity contribution is 7.14.